The van der Waals surface area contributed by atoms with Crippen LogP contribution in [0.3, 0.4) is 0 Å². The molecule has 3 aliphatic rings. The predicted molar refractivity (Wildman–Crippen MR) is 130 cm³/mol. The van der Waals surface area contributed by atoms with Crippen molar-refractivity contribution >= 4 is 23.8 Å². The van der Waals surface area contributed by atoms with E-state index in [0.717, 1.165) is 24.8 Å². The van der Waals surface area contributed by atoms with Crippen LogP contribution in [0.5, 0.6) is 0 Å². The summed E-state index contributed by atoms with van der Waals surface area (Å²) in [4.78, 5) is 54.8. The van der Waals surface area contributed by atoms with Gasteiger partial charge in [0, 0.05) is 12.6 Å². The molecule has 0 saturated carbocycles. The number of benzene rings is 1. The van der Waals surface area contributed by atoms with Crippen LogP contribution < -0.4 is 21.7 Å². The number of rotatable bonds is 5. The second-order valence-electron chi connectivity index (χ2n) is 9.79. The monoisotopic (exact) mass is 484 g/mol. The maximum absolute atomic E-state index is 13.7. The highest BCUT2D eigenvalue weighted by Gasteiger charge is 2.45. The number of carbonyl (C=O) groups excluding carboxylic acids is 4. The molecule has 1 aromatic rings. The Labute approximate surface area is 206 Å². The van der Waals surface area contributed by atoms with Gasteiger partial charge in [0.15, 0.2) is 0 Å². The molecule has 1 aromatic carbocycles. The van der Waals surface area contributed by atoms with Crippen LogP contribution in [0.2, 0.25) is 0 Å². The number of urea groups is 1. The van der Waals surface area contributed by atoms with E-state index >= 15 is 0 Å². The van der Waals surface area contributed by atoms with Gasteiger partial charge in [-0.25, -0.2) is 4.79 Å². The van der Waals surface area contributed by atoms with Crippen LogP contribution in [0.1, 0.15) is 56.2 Å². The maximum Gasteiger partial charge on any atom is 0.314 e. The van der Waals surface area contributed by atoms with Crippen LogP contribution in [0.4, 0.5) is 4.79 Å². The highest BCUT2D eigenvalue weighted by molar-refractivity contribution is 5.94. The first-order chi connectivity index (χ1) is 16.8. The molecule has 10 nitrogen and oxygen atoms in total. The number of fused-ring (bicyclic) bond motifs is 2. The molecule has 35 heavy (non-hydrogen) atoms. The Bertz CT molecular complexity index is 984. The van der Waals surface area contributed by atoms with Gasteiger partial charge < -0.3 is 31.5 Å². The molecule has 5 N–H and O–H groups in total. The van der Waals surface area contributed by atoms with Gasteiger partial charge in [-0.05, 0) is 63.6 Å². The van der Waals surface area contributed by atoms with Gasteiger partial charge in [-0.15, -0.1) is 0 Å². The van der Waals surface area contributed by atoms with Crippen molar-refractivity contribution in [2.45, 2.75) is 75.7 Å². The van der Waals surface area contributed by atoms with Crippen LogP contribution in [-0.4, -0.2) is 77.9 Å². The van der Waals surface area contributed by atoms with Crippen molar-refractivity contribution in [3.63, 3.8) is 0 Å². The van der Waals surface area contributed by atoms with E-state index in [1.807, 2.05) is 12.1 Å². The average Bonchev–Trinajstić information content (AvgIpc) is 3.27. The number of likely N-dealkylation sites (N-methyl/N-ethyl adjacent to an activating group) is 1. The van der Waals surface area contributed by atoms with E-state index in [1.165, 1.54) is 10.5 Å². The number of amides is 5. The molecule has 2 heterocycles. The standard InChI is InChI=1S/C25H36N6O4/c1-15(27-2)22(32)29-20-14-30(25(26)35)13-12-17-10-11-21(31(17)24(20)34)23(33)28-19-9-5-7-16-6-3-4-8-18(16)19/h3-4,6,8,15,17,19-21,27H,5,7,9-14H2,1-2H3,(H2,26,35)(H,28,33)(H,29,32)/t15-,17+,19+,20-,21-/m0/s1. The summed E-state index contributed by atoms with van der Waals surface area (Å²) >= 11 is 0. The van der Waals surface area contributed by atoms with Gasteiger partial charge in [-0.1, -0.05) is 24.3 Å². The zero-order chi connectivity index (χ0) is 25.1. The van der Waals surface area contributed by atoms with Crippen molar-refractivity contribution in [2.24, 2.45) is 5.73 Å². The number of carbonyl (C=O) groups is 4. The highest BCUT2D eigenvalue weighted by atomic mass is 16.2. The molecule has 5 atom stereocenters. The Morgan fingerprint density at radius 1 is 1.06 bits per heavy atom. The molecular formula is C25H36N6O4. The average molecular weight is 485 g/mol. The lowest BCUT2D eigenvalue weighted by Crippen LogP contribution is -2.62. The lowest BCUT2D eigenvalue weighted by atomic mass is 9.87. The molecule has 2 fully saturated rings. The summed E-state index contributed by atoms with van der Waals surface area (Å²) in [5.74, 6) is -0.866. The first-order valence-corrected chi connectivity index (χ1v) is 12.5. The topological polar surface area (TPSA) is 137 Å². The molecule has 10 heteroatoms. The third-order valence-electron chi connectivity index (χ3n) is 7.63. The number of hydrogen-bond acceptors (Lipinski definition) is 5. The smallest absolute Gasteiger partial charge is 0.314 e. The van der Waals surface area contributed by atoms with Gasteiger partial charge in [0.2, 0.25) is 17.7 Å². The summed E-state index contributed by atoms with van der Waals surface area (Å²) in [6.07, 6.45) is 4.60. The Hall–Kier alpha value is -3.14. The number of hydrogen-bond donors (Lipinski definition) is 4. The second kappa shape index (κ2) is 10.6. The van der Waals surface area contributed by atoms with Crippen molar-refractivity contribution in [1.29, 1.82) is 0 Å². The van der Waals surface area contributed by atoms with Gasteiger partial charge in [0.1, 0.15) is 12.1 Å². The summed E-state index contributed by atoms with van der Waals surface area (Å²) in [6, 6.07) is 5.17. The predicted octanol–water partition coefficient (Wildman–Crippen LogP) is 0.417. The Kier molecular flexibility index (Phi) is 7.59. The lowest BCUT2D eigenvalue weighted by molar-refractivity contribution is -0.145. The molecule has 1 aliphatic carbocycles. The third kappa shape index (κ3) is 5.27. The fourth-order valence-electron chi connectivity index (χ4n) is 5.54. The summed E-state index contributed by atoms with van der Waals surface area (Å²) in [5, 5.41) is 8.82. The first kappa shape index (κ1) is 25.0. The van der Waals surface area contributed by atoms with E-state index in [4.69, 9.17) is 5.73 Å². The minimum atomic E-state index is -0.975. The van der Waals surface area contributed by atoms with Gasteiger partial charge in [0.05, 0.1) is 18.6 Å². The molecule has 0 aromatic heterocycles. The summed E-state index contributed by atoms with van der Waals surface area (Å²) in [7, 11) is 1.65. The molecule has 2 saturated heterocycles. The SMILES string of the molecule is CN[C@@H](C)C(=O)N[C@H]1CN(C(N)=O)CC[C@H]2CC[C@@H](C(=O)N[C@@H]3CCCc4ccccc43)N2C1=O. The molecule has 2 aliphatic heterocycles. The van der Waals surface area contributed by atoms with Crippen molar-refractivity contribution in [3.05, 3.63) is 35.4 Å². The zero-order valence-electron chi connectivity index (χ0n) is 20.5. The van der Waals surface area contributed by atoms with E-state index in [1.54, 1.807) is 18.9 Å². The van der Waals surface area contributed by atoms with Gasteiger partial charge in [-0.2, -0.15) is 0 Å². The van der Waals surface area contributed by atoms with Crippen molar-refractivity contribution in [1.82, 2.24) is 25.8 Å². The van der Waals surface area contributed by atoms with Crippen molar-refractivity contribution in [2.75, 3.05) is 20.1 Å². The third-order valence-corrected chi connectivity index (χ3v) is 7.63. The largest absolute Gasteiger partial charge is 0.351 e. The fourth-order valence-corrected chi connectivity index (χ4v) is 5.54. The molecule has 0 spiro atoms. The van der Waals surface area contributed by atoms with Crippen LogP contribution in [-0.2, 0) is 20.8 Å². The zero-order valence-corrected chi connectivity index (χ0v) is 20.5. The van der Waals surface area contributed by atoms with Crippen LogP contribution in [0.15, 0.2) is 24.3 Å². The van der Waals surface area contributed by atoms with E-state index in [2.05, 4.69) is 28.1 Å². The molecular weight excluding hydrogens is 448 g/mol. The van der Waals surface area contributed by atoms with Crippen molar-refractivity contribution in [3.8, 4) is 0 Å². The first-order valence-electron chi connectivity index (χ1n) is 12.5. The maximum atomic E-state index is 13.7. The van der Waals surface area contributed by atoms with Gasteiger partial charge in [0.25, 0.3) is 0 Å². The Balaban J connectivity index is 1.54. The van der Waals surface area contributed by atoms with E-state index in [9.17, 15) is 19.2 Å². The van der Waals surface area contributed by atoms with E-state index < -0.39 is 24.2 Å². The van der Waals surface area contributed by atoms with Crippen molar-refractivity contribution < 1.29 is 19.2 Å². The molecule has 0 bridgehead atoms. The fraction of sp³-hybridized carbons (Fsp3) is 0.600. The minimum absolute atomic E-state index is 0.0239. The number of nitrogens with one attached hydrogen (secondary N) is 3. The lowest BCUT2D eigenvalue weighted by Gasteiger charge is -2.39. The summed E-state index contributed by atoms with van der Waals surface area (Å²) in [6.45, 7) is 2.03. The number of primary amides is 1. The molecule has 5 amide bonds. The van der Waals surface area contributed by atoms with Gasteiger partial charge >= 0.3 is 6.03 Å². The molecule has 0 unspecified atom stereocenters. The Morgan fingerprint density at radius 2 is 1.83 bits per heavy atom. The van der Waals surface area contributed by atoms with E-state index in [-0.39, 0.29) is 36.3 Å². The molecule has 0 radical (unpaired) electrons. The summed E-state index contributed by atoms with van der Waals surface area (Å²) < 4.78 is 0. The second-order valence-corrected chi connectivity index (χ2v) is 9.79. The van der Waals surface area contributed by atoms with Crippen LogP contribution in [0.25, 0.3) is 0 Å². The van der Waals surface area contributed by atoms with Gasteiger partial charge in [-0.3, -0.25) is 14.4 Å². The number of nitrogens with two attached hydrogens (primary N) is 1. The number of nitrogens with zero attached hydrogens (tertiary/aromatic N) is 2. The van der Waals surface area contributed by atoms with E-state index in [0.29, 0.717) is 25.8 Å². The van der Waals surface area contributed by atoms with Crippen LogP contribution >= 0.6 is 0 Å². The quantitative estimate of drug-likeness (QED) is 0.480. The minimum Gasteiger partial charge on any atom is -0.351 e. The highest BCUT2D eigenvalue weighted by Crippen LogP contribution is 2.32. The number of aryl methyl sites for hydroxylation is 1. The Morgan fingerprint density at radius 3 is 2.57 bits per heavy atom. The summed E-state index contributed by atoms with van der Waals surface area (Å²) in [5.41, 5.74) is 7.94. The molecule has 190 valence electrons. The normalized spacial score (nSPS) is 27.2. The van der Waals surface area contributed by atoms with Crippen LogP contribution in [0, 0.1) is 0 Å². The molecule has 4 rings (SSSR count).